The smallest absolute Gasteiger partial charge is 0.137 e. The second-order valence-electron chi connectivity index (χ2n) is 4.18. The van der Waals surface area contributed by atoms with Gasteiger partial charge < -0.3 is 5.32 Å². The summed E-state index contributed by atoms with van der Waals surface area (Å²) in [5.41, 5.74) is -0.0202. The first-order valence-electron chi connectivity index (χ1n) is 5.70. The topological polar surface area (TPSA) is 12.0 Å². The van der Waals surface area contributed by atoms with Crippen LogP contribution in [0.4, 0.5) is 17.6 Å². The quantitative estimate of drug-likeness (QED) is 0.815. The minimum atomic E-state index is -1.02. The van der Waals surface area contributed by atoms with Crippen LogP contribution in [0.1, 0.15) is 17.2 Å². The molecule has 1 atom stereocenters. The molecule has 1 nitrogen and oxygen atoms in total. The highest BCUT2D eigenvalue weighted by Crippen LogP contribution is 2.29. The Bertz CT molecular complexity index is 622. The average molecular weight is 348 g/mol. The highest BCUT2D eigenvalue weighted by molar-refractivity contribution is 9.10. The van der Waals surface area contributed by atoms with E-state index in [2.05, 4.69) is 21.2 Å². The number of hydrogen-bond donors (Lipinski definition) is 1. The van der Waals surface area contributed by atoms with Crippen LogP contribution in [0.2, 0.25) is 0 Å². The van der Waals surface area contributed by atoms with Gasteiger partial charge in [0.25, 0.3) is 0 Å². The third-order valence-electron chi connectivity index (χ3n) is 2.90. The van der Waals surface area contributed by atoms with Crippen molar-refractivity contribution in [2.75, 3.05) is 7.05 Å². The molecule has 106 valence electrons. The Hall–Kier alpha value is -1.40. The van der Waals surface area contributed by atoms with Crippen molar-refractivity contribution >= 4 is 15.9 Å². The molecule has 0 fully saturated rings. The van der Waals surface area contributed by atoms with Crippen LogP contribution >= 0.6 is 15.9 Å². The molecule has 0 spiro atoms. The predicted octanol–water partition coefficient (Wildman–Crippen LogP) is 4.31. The second kappa shape index (κ2) is 5.93. The lowest BCUT2D eigenvalue weighted by Gasteiger charge is -2.19. The highest BCUT2D eigenvalue weighted by atomic mass is 79.9. The first-order valence-corrected chi connectivity index (χ1v) is 6.50. The SMILES string of the molecule is CNC(c1ccc(Br)c(F)c1)c1c(F)cc(F)cc1F. The van der Waals surface area contributed by atoms with Crippen molar-refractivity contribution < 1.29 is 17.6 Å². The van der Waals surface area contributed by atoms with Crippen LogP contribution in [-0.2, 0) is 0 Å². The van der Waals surface area contributed by atoms with E-state index in [1.54, 1.807) is 0 Å². The fourth-order valence-corrected chi connectivity index (χ4v) is 2.25. The van der Waals surface area contributed by atoms with Gasteiger partial charge in [-0.15, -0.1) is 0 Å². The summed E-state index contributed by atoms with van der Waals surface area (Å²) in [7, 11) is 1.48. The molecule has 0 bridgehead atoms. The van der Waals surface area contributed by atoms with Gasteiger partial charge in [0.1, 0.15) is 23.3 Å². The zero-order valence-electron chi connectivity index (χ0n) is 10.4. The molecular formula is C14H10BrF4N. The molecule has 20 heavy (non-hydrogen) atoms. The number of benzene rings is 2. The van der Waals surface area contributed by atoms with Crippen molar-refractivity contribution in [2.45, 2.75) is 6.04 Å². The molecule has 2 aromatic rings. The van der Waals surface area contributed by atoms with Crippen molar-refractivity contribution in [3.05, 3.63) is 69.2 Å². The molecule has 2 rings (SSSR count). The maximum Gasteiger partial charge on any atom is 0.137 e. The monoisotopic (exact) mass is 347 g/mol. The molecule has 0 heterocycles. The van der Waals surface area contributed by atoms with Crippen LogP contribution in [0.5, 0.6) is 0 Å². The molecular weight excluding hydrogens is 338 g/mol. The van der Waals surface area contributed by atoms with Crippen molar-refractivity contribution in [2.24, 2.45) is 0 Å². The number of halogens is 5. The summed E-state index contributed by atoms with van der Waals surface area (Å²) < 4.78 is 54.3. The normalized spacial score (nSPS) is 12.5. The van der Waals surface area contributed by atoms with Crippen molar-refractivity contribution in [3.8, 4) is 0 Å². The summed E-state index contributed by atoms with van der Waals surface area (Å²) >= 11 is 3.00. The Labute approximate surface area is 121 Å². The van der Waals surface area contributed by atoms with Gasteiger partial charge in [-0.25, -0.2) is 17.6 Å². The van der Waals surface area contributed by atoms with Gasteiger partial charge in [0.2, 0.25) is 0 Å². The third-order valence-corrected chi connectivity index (χ3v) is 3.54. The van der Waals surface area contributed by atoms with Crippen molar-refractivity contribution in [1.29, 1.82) is 0 Å². The van der Waals surface area contributed by atoms with E-state index < -0.39 is 29.3 Å². The highest BCUT2D eigenvalue weighted by Gasteiger charge is 2.22. The Morgan fingerprint density at radius 3 is 2.05 bits per heavy atom. The van der Waals surface area contributed by atoms with E-state index in [1.807, 2.05) is 0 Å². The van der Waals surface area contributed by atoms with Crippen molar-refractivity contribution in [3.63, 3.8) is 0 Å². The predicted molar refractivity (Wildman–Crippen MR) is 71.3 cm³/mol. The average Bonchev–Trinajstić information content (AvgIpc) is 2.37. The molecule has 0 aliphatic carbocycles. The van der Waals surface area contributed by atoms with Gasteiger partial charge in [-0.2, -0.15) is 0 Å². The van der Waals surface area contributed by atoms with E-state index in [0.29, 0.717) is 17.7 Å². The van der Waals surface area contributed by atoms with Crippen LogP contribution < -0.4 is 5.32 Å². The van der Waals surface area contributed by atoms with Gasteiger partial charge in [-0.3, -0.25) is 0 Å². The summed E-state index contributed by atoms with van der Waals surface area (Å²) in [5, 5.41) is 2.70. The first-order chi connectivity index (χ1) is 9.43. The van der Waals surface area contributed by atoms with Crippen LogP contribution in [0.3, 0.4) is 0 Å². The molecule has 0 amide bonds. The summed E-state index contributed by atoms with van der Waals surface area (Å²) in [4.78, 5) is 0. The molecule has 0 aliphatic rings. The molecule has 0 saturated heterocycles. The Morgan fingerprint density at radius 1 is 0.950 bits per heavy atom. The fraction of sp³-hybridized carbons (Fsp3) is 0.143. The lowest BCUT2D eigenvalue weighted by molar-refractivity contribution is 0.499. The van der Waals surface area contributed by atoms with Gasteiger partial charge >= 0.3 is 0 Å². The Balaban J connectivity index is 2.55. The van der Waals surface area contributed by atoms with Gasteiger partial charge in [-0.1, -0.05) is 6.07 Å². The number of hydrogen-bond acceptors (Lipinski definition) is 1. The molecule has 0 radical (unpaired) electrons. The largest absolute Gasteiger partial charge is 0.309 e. The Morgan fingerprint density at radius 2 is 1.55 bits per heavy atom. The van der Waals surface area contributed by atoms with Crippen LogP contribution in [-0.4, -0.2) is 7.05 Å². The maximum absolute atomic E-state index is 13.8. The van der Waals surface area contributed by atoms with E-state index in [4.69, 9.17) is 0 Å². The molecule has 6 heteroatoms. The number of nitrogens with one attached hydrogen (secondary N) is 1. The zero-order chi connectivity index (χ0) is 14.9. The van der Waals surface area contributed by atoms with Gasteiger partial charge in [0, 0.05) is 17.7 Å². The Kier molecular flexibility index (Phi) is 4.45. The van der Waals surface area contributed by atoms with Gasteiger partial charge in [0.05, 0.1) is 10.5 Å². The lowest BCUT2D eigenvalue weighted by Crippen LogP contribution is -2.21. The summed E-state index contributed by atoms with van der Waals surface area (Å²) in [5.74, 6) is -3.60. The molecule has 1 N–H and O–H groups in total. The minimum Gasteiger partial charge on any atom is -0.309 e. The standard InChI is InChI=1S/C14H10BrF4N/c1-20-14(7-2-3-9(15)10(17)4-7)13-11(18)5-8(16)6-12(13)19/h2-6,14,20H,1H3. The van der Waals surface area contributed by atoms with E-state index in [9.17, 15) is 17.6 Å². The molecule has 0 saturated carbocycles. The van der Waals surface area contributed by atoms with E-state index in [0.717, 1.165) is 6.07 Å². The summed E-state index contributed by atoms with van der Waals surface area (Å²) in [6.07, 6.45) is 0. The van der Waals surface area contributed by atoms with Gasteiger partial charge in [-0.05, 0) is 40.7 Å². The zero-order valence-corrected chi connectivity index (χ0v) is 11.9. The van der Waals surface area contributed by atoms with E-state index in [1.165, 1.54) is 19.2 Å². The van der Waals surface area contributed by atoms with Crippen LogP contribution in [0, 0.1) is 23.3 Å². The fourth-order valence-electron chi connectivity index (χ4n) is 2.00. The minimum absolute atomic E-state index is 0.246. The second-order valence-corrected chi connectivity index (χ2v) is 5.03. The molecule has 0 aromatic heterocycles. The van der Waals surface area contributed by atoms with E-state index in [-0.39, 0.29) is 10.0 Å². The number of rotatable bonds is 3. The van der Waals surface area contributed by atoms with Crippen LogP contribution in [0.15, 0.2) is 34.8 Å². The third kappa shape index (κ3) is 2.86. The lowest BCUT2D eigenvalue weighted by atomic mass is 9.97. The summed E-state index contributed by atoms with van der Waals surface area (Å²) in [6.45, 7) is 0. The molecule has 1 unspecified atom stereocenters. The van der Waals surface area contributed by atoms with Crippen molar-refractivity contribution in [1.82, 2.24) is 5.32 Å². The maximum atomic E-state index is 13.8. The van der Waals surface area contributed by atoms with Crippen LogP contribution in [0.25, 0.3) is 0 Å². The van der Waals surface area contributed by atoms with Gasteiger partial charge in [0.15, 0.2) is 0 Å². The van der Waals surface area contributed by atoms with E-state index >= 15 is 0 Å². The molecule has 2 aromatic carbocycles. The summed E-state index contributed by atoms with van der Waals surface area (Å²) in [6, 6.07) is 4.40. The first kappa shape index (κ1) is 15.0. The molecule has 0 aliphatic heterocycles.